The fourth-order valence-corrected chi connectivity index (χ4v) is 6.47. The molecule has 2 atom stereocenters. The minimum Gasteiger partial charge on any atom is -0.462 e. The second-order valence-electron chi connectivity index (χ2n) is 13.8. The molecular formula is C42H78NO8P. The van der Waals surface area contributed by atoms with Crippen molar-refractivity contribution < 1.29 is 37.6 Å². The number of ether oxygens (including phenoxy) is 2. The van der Waals surface area contributed by atoms with Crippen molar-refractivity contribution >= 4 is 19.8 Å². The van der Waals surface area contributed by atoms with Crippen molar-refractivity contribution in [3.8, 4) is 0 Å². The summed E-state index contributed by atoms with van der Waals surface area (Å²) >= 11 is 0. The van der Waals surface area contributed by atoms with Gasteiger partial charge >= 0.3 is 19.8 Å². The summed E-state index contributed by atoms with van der Waals surface area (Å²) in [5, 5.41) is 0. The molecule has 0 heterocycles. The molecule has 0 radical (unpaired) electrons. The molecule has 0 aliphatic carbocycles. The van der Waals surface area contributed by atoms with E-state index in [0.717, 1.165) is 70.6 Å². The summed E-state index contributed by atoms with van der Waals surface area (Å²) in [6.45, 7) is 3.61. The maximum absolute atomic E-state index is 12.6. The third kappa shape index (κ3) is 38.0. The van der Waals surface area contributed by atoms with E-state index in [1.165, 1.54) is 83.5 Å². The van der Waals surface area contributed by atoms with Crippen LogP contribution in [0.3, 0.4) is 0 Å². The second-order valence-corrected chi connectivity index (χ2v) is 15.3. The van der Waals surface area contributed by atoms with Crippen molar-refractivity contribution in [2.75, 3.05) is 26.4 Å². The number of hydrogen-bond donors (Lipinski definition) is 2. The minimum absolute atomic E-state index is 0.0506. The third-order valence-electron chi connectivity index (χ3n) is 8.79. The molecule has 52 heavy (non-hydrogen) atoms. The molecule has 0 bridgehead atoms. The molecule has 0 saturated heterocycles. The number of esters is 2. The molecule has 0 amide bonds. The molecule has 3 N–H and O–H groups in total. The molecule has 0 spiro atoms. The first-order valence-electron chi connectivity index (χ1n) is 21.0. The number of phosphoric ester groups is 1. The van der Waals surface area contributed by atoms with Crippen LogP contribution in [-0.2, 0) is 32.7 Å². The van der Waals surface area contributed by atoms with Crippen molar-refractivity contribution in [1.82, 2.24) is 0 Å². The van der Waals surface area contributed by atoms with Crippen molar-refractivity contribution in [2.45, 2.75) is 193 Å². The van der Waals surface area contributed by atoms with E-state index in [1.54, 1.807) is 0 Å². The van der Waals surface area contributed by atoms with Gasteiger partial charge in [-0.3, -0.25) is 18.6 Å². The van der Waals surface area contributed by atoms with Crippen LogP contribution in [-0.4, -0.2) is 49.3 Å². The molecule has 10 heteroatoms. The van der Waals surface area contributed by atoms with E-state index in [-0.39, 0.29) is 38.6 Å². The Kier molecular flexibility index (Phi) is 37.6. The Balaban J connectivity index is 4.17. The van der Waals surface area contributed by atoms with Crippen LogP contribution in [0, 0.1) is 0 Å². The molecule has 0 aliphatic rings. The lowest BCUT2D eigenvalue weighted by Crippen LogP contribution is -2.29. The van der Waals surface area contributed by atoms with Crippen LogP contribution in [0.4, 0.5) is 0 Å². The van der Waals surface area contributed by atoms with E-state index in [0.29, 0.717) is 6.42 Å². The molecule has 9 nitrogen and oxygen atoms in total. The Morgan fingerprint density at radius 3 is 1.58 bits per heavy atom. The first-order chi connectivity index (χ1) is 25.3. The third-order valence-corrected chi connectivity index (χ3v) is 9.77. The second kappa shape index (κ2) is 38.9. The van der Waals surface area contributed by atoms with E-state index in [4.69, 9.17) is 24.3 Å². The maximum Gasteiger partial charge on any atom is 0.472 e. The van der Waals surface area contributed by atoms with Crippen LogP contribution in [0.25, 0.3) is 0 Å². The molecule has 304 valence electrons. The highest BCUT2D eigenvalue weighted by Crippen LogP contribution is 2.43. The summed E-state index contributed by atoms with van der Waals surface area (Å²) in [4.78, 5) is 34.8. The molecule has 0 aliphatic heterocycles. The van der Waals surface area contributed by atoms with Gasteiger partial charge in [-0.2, -0.15) is 0 Å². The first kappa shape index (κ1) is 50.2. The number of carbonyl (C=O) groups is 2. The van der Waals surface area contributed by atoms with Crippen LogP contribution in [0.1, 0.15) is 187 Å². The average molecular weight is 756 g/mol. The first-order valence-corrected chi connectivity index (χ1v) is 22.5. The van der Waals surface area contributed by atoms with E-state index in [1.807, 2.05) is 0 Å². The van der Waals surface area contributed by atoms with Crippen LogP contribution >= 0.6 is 7.82 Å². The zero-order valence-electron chi connectivity index (χ0n) is 33.3. The molecule has 0 aromatic carbocycles. The number of carbonyl (C=O) groups excluding carboxylic acids is 2. The van der Waals surface area contributed by atoms with Crippen molar-refractivity contribution in [2.24, 2.45) is 5.73 Å². The molecule has 0 rings (SSSR count). The van der Waals surface area contributed by atoms with Gasteiger partial charge in [-0.05, 0) is 44.9 Å². The van der Waals surface area contributed by atoms with Gasteiger partial charge in [-0.25, -0.2) is 4.57 Å². The quantitative estimate of drug-likeness (QED) is 0.0272. The minimum atomic E-state index is -4.38. The van der Waals surface area contributed by atoms with Gasteiger partial charge < -0.3 is 20.1 Å². The fourth-order valence-electron chi connectivity index (χ4n) is 5.71. The molecule has 0 aromatic rings. The number of allylic oxidation sites excluding steroid dienone is 6. The Morgan fingerprint density at radius 1 is 0.596 bits per heavy atom. The van der Waals surface area contributed by atoms with Crippen molar-refractivity contribution in [1.29, 1.82) is 0 Å². The summed E-state index contributed by atoms with van der Waals surface area (Å²) in [5.41, 5.74) is 5.34. The normalized spacial score (nSPS) is 13.7. The SMILES string of the molecule is CC/C=C\C/C=C\C/C=C\CCCCCCCC(=O)OC(COC(=O)CCCCCCCCCCCCCCCCCC)COP(=O)(O)OCCN. The summed E-state index contributed by atoms with van der Waals surface area (Å²) in [7, 11) is -4.38. The largest absolute Gasteiger partial charge is 0.472 e. The predicted molar refractivity (Wildman–Crippen MR) is 215 cm³/mol. The summed E-state index contributed by atoms with van der Waals surface area (Å²) < 4.78 is 32.7. The lowest BCUT2D eigenvalue weighted by Gasteiger charge is -2.19. The Hall–Kier alpha value is -1.77. The van der Waals surface area contributed by atoms with Gasteiger partial charge in [0.2, 0.25) is 0 Å². The fraction of sp³-hybridized carbons (Fsp3) is 0.810. The van der Waals surface area contributed by atoms with E-state index < -0.39 is 26.5 Å². The zero-order valence-corrected chi connectivity index (χ0v) is 34.2. The standard InChI is InChI=1S/C42H78NO8P/c1-3-5-7-9-11-13-15-17-19-21-22-24-26-28-30-32-34-41(44)48-38-40(39-50-52(46,47)49-37-36-43)51-42(45)35-33-31-29-27-25-23-20-18-16-14-12-10-8-6-4-2/h6,8,12,14,18,20,40H,3-5,7,9-11,13,15-17,19,21-39,43H2,1-2H3,(H,46,47)/b8-6-,14-12-,20-18-. The molecule has 2 unspecified atom stereocenters. The molecule has 0 fully saturated rings. The van der Waals surface area contributed by atoms with Crippen LogP contribution < -0.4 is 5.73 Å². The number of phosphoric acid groups is 1. The van der Waals surface area contributed by atoms with E-state index >= 15 is 0 Å². The van der Waals surface area contributed by atoms with Gasteiger partial charge in [0.15, 0.2) is 6.10 Å². The molecular weight excluding hydrogens is 677 g/mol. The summed E-state index contributed by atoms with van der Waals surface area (Å²) in [6.07, 6.45) is 41.7. The van der Waals surface area contributed by atoms with Crippen LogP contribution in [0.2, 0.25) is 0 Å². The zero-order chi connectivity index (χ0) is 38.2. The van der Waals surface area contributed by atoms with Gasteiger partial charge in [0.05, 0.1) is 13.2 Å². The van der Waals surface area contributed by atoms with E-state index in [2.05, 4.69) is 50.3 Å². The molecule has 0 aromatic heterocycles. The monoisotopic (exact) mass is 756 g/mol. The molecule has 0 saturated carbocycles. The number of rotatable bonds is 39. The number of hydrogen-bond acceptors (Lipinski definition) is 8. The van der Waals surface area contributed by atoms with Crippen molar-refractivity contribution in [3.63, 3.8) is 0 Å². The van der Waals surface area contributed by atoms with Gasteiger partial charge in [-0.15, -0.1) is 0 Å². The van der Waals surface area contributed by atoms with Crippen LogP contribution in [0.5, 0.6) is 0 Å². The number of nitrogens with two attached hydrogens (primary N) is 1. The smallest absolute Gasteiger partial charge is 0.462 e. The summed E-state index contributed by atoms with van der Waals surface area (Å²) in [5.74, 6) is -0.844. The highest BCUT2D eigenvalue weighted by atomic mass is 31.2. The highest BCUT2D eigenvalue weighted by molar-refractivity contribution is 7.47. The topological polar surface area (TPSA) is 134 Å². The van der Waals surface area contributed by atoms with Gasteiger partial charge in [-0.1, -0.05) is 166 Å². The number of unbranched alkanes of at least 4 members (excludes halogenated alkanes) is 20. The van der Waals surface area contributed by atoms with Crippen molar-refractivity contribution in [3.05, 3.63) is 36.5 Å². The van der Waals surface area contributed by atoms with Gasteiger partial charge in [0.1, 0.15) is 6.61 Å². The summed E-state index contributed by atoms with van der Waals surface area (Å²) in [6, 6.07) is 0. The average Bonchev–Trinajstić information content (AvgIpc) is 3.13. The highest BCUT2D eigenvalue weighted by Gasteiger charge is 2.26. The van der Waals surface area contributed by atoms with Gasteiger partial charge in [0, 0.05) is 19.4 Å². The lowest BCUT2D eigenvalue weighted by molar-refractivity contribution is -0.161. The maximum atomic E-state index is 12.6. The Morgan fingerprint density at radius 2 is 1.06 bits per heavy atom. The van der Waals surface area contributed by atoms with Crippen LogP contribution in [0.15, 0.2) is 36.5 Å². The Labute approximate surface area is 318 Å². The van der Waals surface area contributed by atoms with Gasteiger partial charge in [0.25, 0.3) is 0 Å². The predicted octanol–water partition coefficient (Wildman–Crippen LogP) is 11.8. The van der Waals surface area contributed by atoms with E-state index in [9.17, 15) is 19.0 Å². The Bertz CT molecular complexity index is 954. The lowest BCUT2D eigenvalue weighted by atomic mass is 10.0.